The highest BCUT2D eigenvalue weighted by atomic mass is 15.3. The molecule has 1 aromatic heterocycles. The first-order valence-electron chi connectivity index (χ1n) is 6.83. The first-order chi connectivity index (χ1) is 9.15. The summed E-state index contributed by atoms with van der Waals surface area (Å²) in [6.07, 6.45) is 3.13. The number of benzene rings is 1. The van der Waals surface area contributed by atoms with Crippen LogP contribution in [0.3, 0.4) is 0 Å². The summed E-state index contributed by atoms with van der Waals surface area (Å²) in [5.41, 5.74) is 10.2. The summed E-state index contributed by atoms with van der Waals surface area (Å²) < 4.78 is 1.80. The molecular formula is C15H22N4. The average Bonchev–Trinajstić information content (AvgIpc) is 2.68. The third-order valence-corrected chi connectivity index (χ3v) is 3.25. The van der Waals surface area contributed by atoms with Crippen molar-refractivity contribution in [2.45, 2.75) is 33.1 Å². The van der Waals surface area contributed by atoms with Crippen LogP contribution in [0, 0.1) is 0 Å². The highest BCUT2D eigenvalue weighted by Gasteiger charge is 2.11. The molecule has 0 bridgehead atoms. The van der Waals surface area contributed by atoms with E-state index in [1.54, 1.807) is 4.68 Å². The van der Waals surface area contributed by atoms with Crippen molar-refractivity contribution >= 4 is 17.2 Å². The van der Waals surface area contributed by atoms with Crippen molar-refractivity contribution in [2.24, 2.45) is 7.05 Å². The van der Waals surface area contributed by atoms with Gasteiger partial charge < -0.3 is 11.1 Å². The zero-order chi connectivity index (χ0) is 13.8. The summed E-state index contributed by atoms with van der Waals surface area (Å²) in [7, 11) is 1.91. The Morgan fingerprint density at radius 2 is 1.89 bits per heavy atom. The standard InChI is InChI=1S/C15H22N4/c1-4-6-11-7-9-12(10-8-11)17-15-14(16)13(5-2)18-19(15)3/h7-10,17H,4-6,16H2,1-3H3. The molecule has 1 heterocycles. The second-order valence-corrected chi connectivity index (χ2v) is 4.76. The largest absolute Gasteiger partial charge is 0.394 e. The summed E-state index contributed by atoms with van der Waals surface area (Å²) in [4.78, 5) is 0. The van der Waals surface area contributed by atoms with Crippen LogP contribution in [0.15, 0.2) is 24.3 Å². The fourth-order valence-corrected chi connectivity index (χ4v) is 2.19. The predicted octanol–water partition coefficient (Wildman–Crippen LogP) is 3.26. The van der Waals surface area contributed by atoms with E-state index in [0.29, 0.717) is 0 Å². The normalized spacial score (nSPS) is 10.7. The maximum absolute atomic E-state index is 6.09. The molecule has 0 saturated carbocycles. The summed E-state index contributed by atoms with van der Waals surface area (Å²) >= 11 is 0. The van der Waals surface area contributed by atoms with Crippen LogP contribution in [-0.4, -0.2) is 9.78 Å². The van der Waals surface area contributed by atoms with Crippen molar-refractivity contribution in [3.05, 3.63) is 35.5 Å². The number of aromatic nitrogens is 2. The first-order valence-corrected chi connectivity index (χ1v) is 6.83. The molecule has 0 radical (unpaired) electrons. The van der Waals surface area contributed by atoms with Gasteiger partial charge in [0.1, 0.15) is 0 Å². The molecular weight excluding hydrogens is 236 g/mol. The van der Waals surface area contributed by atoms with E-state index >= 15 is 0 Å². The number of anilines is 3. The van der Waals surface area contributed by atoms with Gasteiger partial charge in [0.05, 0.1) is 11.4 Å². The van der Waals surface area contributed by atoms with Gasteiger partial charge in [0.25, 0.3) is 0 Å². The lowest BCUT2D eigenvalue weighted by molar-refractivity contribution is 0.753. The van der Waals surface area contributed by atoms with Gasteiger partial charge in [-0.2, -0.15) is 5.10 Å². The van der Waals surface area contributed by atoms with Crippen LogP contribution in [0.5, 0.6) is 0 Å². The van der Waals surface area contributed by atoms with Gasteiger partial charge in [0.2, 0.25) is 0 Å². The fraction of sp³-hybridized carbons (Fsp3) is 0.400. The van der Waals surface area contributed by atoms with Crippen LogP contribution >= 0.6 is 0 Å². The quantitative estimate of drug-likeness (QED) is 0.865. The number of nitrogen functional groups attached to an aromatic ring is 1. The summed E-state index contributed by atoms with van der Waals surface area (Å²) in [5.74, 6) is 0.861. The summed E-state index contributed by atoms with van der Waals surface area (Å²) in [6.45, 7) is 4.25. The molecule has 2 aromatic rings. The third kappa shape index (κ3) is 2.89. The van der Waals surface area contributed by atoms with Gasteiger partial charge in [-0.05, 0) is 30.5 Å². The monoisotopic (exact) mass is 258 g/mol. The first kappa shape index (κ1) is 13.5. The van der Waals surface area contributed by atoms with E-state index in [4.69, 9.17) is 5.73 Å². The summed E-state index contributed by atoms with van der Waals surface area (Å²) in [6, 6.07) is 8.48. The summed E-state index contributed by atoms with van der Waals surface area (Å²) in [5, 5.41) is 7.74. The van der Waals surface area contributed by atoms with Crippen LogP contribution in [0.1, 0.15) is 31.5 Å². The molecule has 102 valence electrons. The van der Waals surface area contributed by atoms with Crippen molar-refractivity contribution in [3.63, 3.8) is 0 Å². The average molecular weight is 258 g/mol. The Kier molecular flexibility index (Phi) is 4.10. The van der Waals surface area contributed by atoms with E-state index in [-0.39, 0.29) is 0 Å². The molecule has 0 fully saturated rings. The van der Waals surface area contributed by atoms with E-state index in [0.717, 1.165) is 35.7 Å². The molecule has 0 spiro atoms. The topological polar surface area (TPSA) is 55.9 Å². The molecule has 0 saturated heterocycles. The number of nitrogens with zero attached hydrogens (tertiary/aromatic N) is 2. The van der Waals surface area contributed by atoms with Gasteiger partial charge in [0.15, 0.2) is 5.82 Å². The van der Waals surface area contributed by atoms with Gasteiger partial charge in [0, 0.05) is 12.7 Å². The second-order valence-electron chi connectivity index (χ2n) is 4.76. The van der Waals surface area contributed by atoms with Crippen LogP contribution in [0.25, 0.3) is 0 Å². The Morgan fingerprint density at radius 3 is 2.42 bits per heavy atom. The van der Waals surface area contributed by atoms with Crippen LogP contribution in [0.4, 0.5) is 17.2 Å². The Balaban J connectivity index is 2.19. The number of hydrogen-bond donors (Lipinski definition) is 2. The lowest BCUT2D eigenvalue weighted by atomic mass is 10.1. The van der Waals surface area contributed by atoms with Crippen molar-refractivity contribution in [2.75, 3.05) is 11.1 Å². The highest BCUT2D eigenvalue weighted by Crippen LogP contribution is 2.26. The van der Waals surface area contributed by atoms with Crippen molar-refractivity contribution in [3.8, 4) is 0 Å². The molecule has 0 aliphatic heterocycles. The van der Waals surface area contributed by atoms with Gasteiger partial charge in [-0.25, -0.2) is 0 Å². The molecule has 0 atom stereocenters. The number of hydrogen-bond acceptors (Lipinski definition) is 3. The molecule has 0 aliphatic rings. The SMILES string of the molecule is CCCc1ccc(Nc2c(N)c(CC)nn2C)cc1. The Hall–Kier alpha value is -1.97. The van der Waals surface area contributed by atoms with Gasteiger partial charge in [-0.3, -0.25) is 4.68 Å². The van der Waals surface area contributed by atoms with Gasteiger partial charge in [-0.15, -0.1) is 0 Å². The zero-order valence-corrected chi connectivity index (χ0v) is 11.9. The van der Waals surface area contributed by atoms with Crippen molar-refractivity contribution in [1.82, 2.24) is 9.78 Å². The van der Waals surface area contributed by atoms with Crippen molar-refractivity contribution < 1.29 is 0 Å². The highest BCUT2D eigenvalue weighted by molar-refractivity contribution is 5.71. The van der Waals surface area contributed by atoms with Crippen molar-refractivity contribution in [1.29, 1.82) is 0 Å². The molecule has 19 heavy (non-hydrogen) atoms. The number of nitrogens with one attached hydrogen (secondary N) is 1. The smallest absolute Gasteiger partial charge is 0.152 e. The Bertz CT molecular complexity index is 540. The fourth-order valence-electron chi connectivity index (χ4n) is 2.19. The van der Waals surface area contributed by atoms with E-state index in [9.17, 15) is 0 Å². The minimum atomic E-state index is 0.739. The molecule has 2 rings (SSSR count). The van der Waals surface area contributed by atoms with E-state index < -0.39 is 0 Å². The number of rotatable bonds is 5. The Labute approximate surface area is 114 Å². The number of aryl methyl sites for hydroxylation is 3. The van der Waals surface area contributed by atoms with E-state index in [2.05, 4.69) is 48.5 Å². The molecule has 0 amide bonds. The van der Waals surface area contributed by atoms with E-state index in [1.807, 2.05) is 7.05 Å². The molecule has 1 aromatic carbocycles. The molecule has 4 heteroatoms. The van der Waals surface area contributed by atoms with Crippen LogP contribution in [-0.2, 0) is 19.9 Å². The molecule has 3 N–H and O–H groups in total. The van der Waals surface area contributed by atoms with Gasteiger partial charge in [-0.1, -0.05) is 32.4 Å². The molecule has 4 nitrogen and oxygen atoms in total. The maximum atomic E-state index is 6.09. The van der Waals surface area contributed by atoms with Crippen LogP contribution < -0.4 is 11.1 Å². The Morgan fingerprint density at radius 1 is 1.21 bits per heavy atom. The minimum Gasteiger partial charge on any atom is -0.394 e. The maximum Gasteiger partial charge on any atom is 0.152 e. The molecule has 0 aliphatic carbocycles. The van der Waals surface area contributed by atoms with Gasteiger partial charge >= 0.3 is 0 Å². The van der Waals surface area contributed by atoms with E-state index in [1.165, 1.54) is 12.0 Å². The minimum absolute atomic E-state index is 0.739. The second kappa shape index (κ2) is 5.78. The predicted molar refractivity (Wildman–Crippen MR) is 80.7 cm³/mol. The lowest BCUT2D eigenvalue weighted by Crippen LogP contribution is -2.01. The van der Waals surface area contributed by atoms with Crippen LogP contribution in [0.2, 0.25) is 0 Å². The number of nitrogens with two attached hydrogens (primary N) is 1. The third-order valence-electron chi connectivity index (χ3n) is 3.25. The lowest BCUT2D eigenvalue weighted by Gasteiger charge is -2.08. The zero-order valence-electron chi connectivity index (χ0n) is 11.9. The molecule has 0 unspecified atom stereocenters.